The molecule has 9 amide bonds. The van der Waals surface area contributed by atoms with E-state index in [1.165, 1.54) is 37.8 Å². The van der Waals surface area contributed by atoms with Gasteiger partial charge in [-0.05, 0) is 93.7 Å². The summed E-state index contributed by atoms with van der Waals surface area (Å²) in [4.78, 5) is 144. The van der Waals surface area contributed by atoms with Crippen LogP contribution < -0.4 is 37.1 Å². The van der Waals surface area contributed by atoms with Gasteiger partial charge in [0.25, 0.3) is 0 Å². The van der Waals surface area contributed by atoms with E-state index < -0.39 is 114 Å². The third-order valence-corrected chi connectivity index (χ3v) is 13.2. The molecule has 0 saturated carbocycles. The summed E-state index contributed by atoms with van der Waals surface area (Å²) in [5.74, 6) is -8.02. The van der Waals surface area contributed by atoms with E-state index in [4.69, 9.17) is 15.2 Å². The number of ether oxygens (including phenoxy) is 2. The number of fused-ring (bicyclic) bond motifs is 2. The number of amides is 9. The second kappa shape index (κ2) is 26.4. The number of likely N-dealkylation sites (tertiary alicyclic amines) is 1. The molecule has 72 heavy (non-hydrogen) atoms. The molecular formula is C50H77N9O13. The maximum atomic E-state index is 14.9. The SMILES string of the molecule is COc1ccc(CC2C(=O)NC(CC(C)C)C(=O)OC(C)C(NC(=O)C(CCC(N)=O)NC(=O)C3CCCN3C(C)=O)C(=O)NC(CC(C)C)C(=O)NC3CCC(O)N(C3=O)C(CC(C)C)C(=O)N2C)cc1. The number of benzene rings is 1. The predicted octanol–water partition coefficient (Wildman–Crippen LogP) is 0.158. The van der Waals surface area contributed by atoms with Gasteiger partial charge in [-0.2, -0.15) is 0 Å². The molecule has 3 aliphatic heterocycles. The number of carbonyl (C=O) groups is 10. The van der Waals surface area contributed by atoms with Crippen molar-refractivity contribution < 1.29 is 62.5 Å². The van der Waals surface area contributed by atoms with Gasteiger partial charge in [0.2, 0.25) is 53.2 Å². The lowest BCUT2D eigenvalue weighted by molar-refractivity contribution is -0.166. The van der Waals surface area contributed by atoms with Gasteiger partial charge in [-0.25, -0.2) is 4.79 Å². The van der Waals surface area contributed by atoms with Gasteiger partial charge in [0, 0.05) is 33.4 Å². The number of carbonyl (C=O) groups excluding carboxylic acids is 10. The minimum atomic E-state index is -1.79. The molecule has 0 aliphatic carbocycles. The Kier molecular flexibility index (Phi) is 21.4. The summed E-state index contributed by atoms with van der Waals surface area (Å²) < 4.78 is 11.3. The molecule has 400 valence electrons. The van der Waals surface area contributed by atoms with Crippen molar-refractivity contribution in [1.29, 1.82) is 0 Å². The van der Waals surface area contributed by atoms with Crippen molar-refractivity contribution in [2.24, 2.45) is 23.5 Å². The number of cyclic esters (lactones) is 1. The van der Waals surface area contributed by atoms with Crippen LogP contribution in [0, 0.1) is 17.8 Å². The zero-order chi connectivity index (χ0) is 53.7. The predicted molar refractivity (Wildman–Crippen MR) is 262 cm³/mol. The van der Waals surface area contributed by atoms with Crippen LogP contribution in [0.4, 0.5) is 0 Å². The molecule has 10 unspecified atom stereocenters. The van der Waals surface area contributed by atoms with Gasteiger partial charge in [-0.1, -0.05) is 53.7 Å². The minimum Gasteiger partial charge on any atom is -0.497 e. The number of hydrogen-bond donors (Lipinski definition) is 7. The zero-order valence-electron chi connectivity index (χ0n) is 43.4. The molecule has 0 spiro atoms. The number of piperidine rings is 1. The Morgan fingerprint density at radius 2 is 1.43 bits per heavy atom. The number of hydrogen-bond acceptors (Lipinski definition) is 13. The lowest BCUT2D eigenvalue weighted by atomic mass is 9.94. The number of rotatable bonds is 16. The maximum Gasteiger partial charge on any atom is 0.328 e. The summed E-state index contributed by atoms with van der Waals surface area (Å²) in [7, 11) is 2.90. The summed E-state index contributed by atoms with van der Waals surface area (Å²) in [6, 6.07) is -4.05. The number of nitrogens with two attached hydrogens (primary N) is 1. The van der Waals surface area contributed by atoms with Gasteiger partial charge in [-0.3, -0.25) is 43.2 Å². The van der Waals surface area contributed by atoms with Crippen LogP contribution in [-0.2, 0) is 59.1 Å². The quantitative estimate of drug-likeness (QED) is 0.109. The fraction of sp³-hybridized carbons (Fsp3) is 0.680. The molecule has 3 heterocycles. The first kappa shape index (κ1) is 58.3. The van der Waals surface area contributed by atoms with Crippen molar-refractivity contribution in [3.05, 3.63) is 29.8 Å². The van der Waals surface area contributed by atoms with Crippen molar-refractivity contribution in [3.8, 4) is 5.75 Å². The molecule has 2 bridgehead atoms. The Balaban J connectivity index is 1.85. The number of methoxy groups -OCH3 is 1. The maximum absolute atomic E-state index is 14.9. The first-order valence-corrected chi connectivity index (χ1v) is 25.0. The Labute approximate surface area is 421 Å². The highest BCUT2D eigenvalue weighted by atomic mass is 16.5. The largest absolute Gasteiger partial charge is 0.497 e. The van der Waals surface area contributed by atoms with Crippen LogP contribution in [0.2, 0.25) is 0 Å². The molecule has 3 fully saturated rings. The summed E-state index contributed by atoms with van der Waals surface area (Å²) >= 11 is 0. The number of aliphatic hydroxyl groups is 1. The van der Waals surface area contributed by atoms with Gasteiger partial charge in [0.1, 0.15) is 66.4 Å². The highest BCUT2D eigenvalue weighted by molar-refractivity contribution is 5.99. The van der Waals surface area contributed by atoms with Crippen LogP contribution in [0.1, 0.15) is 119 Å². The first-order chi connectivity index (χ1) is 33.8. The summed E-state index contributed by atoms with van der Waals surface area (Å²) in [6.07, 6.45) is -2.91. The third kappa shape index (κ3) is 15.8. The van der Waals surface area contributed by atoms with Crippen LogP contribution in [0.25, 0.3) is 0 Å². The third-order valence-electron chi connectivity index (χ3n) is 13.2. The monoisotopic (exact) mass is 1010 g/mol. The smallest absolute Gasteiger partial charge is 0.328 e. The van der Waals surface area contributed by atoms with Crippen molar-refractivity contribution in [2.75, 3.05) is 20.7 Å². The van der Waals surface area contributed by atoms with Crippen molar-refractivity contribution in [1.82, 2.24) is 41.3 Å². The van der Waals surface area contributed by atoms with Crippen LogP contribution in [0.5, 0.6) is 5.75 Å². The molecule has 22 nitrogen and oxygen atoms in total. The molecule has 3 saturated heterocycles. The van der Waals surface area contributed by atoms with E-state index in [1.807, 2.05) is 13.8 Å². The van der Waals surface area contributed by atoms with Crippen molar-refractivity contribution in [3.63, 3.8) is 0 Å². The standard InChI is InChI=1S/C50H77N9O13/c1-26(2)22-35-44(64)53-34-18-20-41(62)59(48(34)68)39(24-28(5)6)49(69)57(9)38(25-31-13-15-32(71-10)16-14-31)46(66)55-36(23-27(3)4)50(70)72-29(7)42(47(67)54-35)56-43(63)33(17-19-40(51)61)52-45(65)37-12-11-21-58(37)30(8)60/h13-16,26-29,33-39,41-42,62H,11-12,17-25H2,1-10H3,(H2,51,61)(H,52,65)(H,53,64)(H,54,67)(H,55,66)(H,56,63). The van der Waals surface area contributed by atoms with Gasteiger partial charge in [-0.15, -0.1) is 0 Å². The van der Waals surface area contributed by atoms with Crippen molar-refractivity contribution >= 4 is 59.1 Å². The Bertz CT molecular complexity index is 2140. The molecule has 1 aromatic carbocycles. The molecule has 8 N–H and O–H groups in total. The van der Waals surface area contributed by atoms with E-state index in [2.05, 4.69) is 26.6 Å². The molecule has 1 aromatic rings. The molecule has 0 radical (unpaired) electrons. The number of primary amides is 1. The molecule has 22 heteroatoms. The normalized spacial score (nSPS) is 26.5. The van der Waals surface area contributed by atoms with Crippen LogP contribution in [0.15, 0.2) is 24.3 Å². The van der Waals surface area contributed by atoms with E-state index in [9.17, 15) is 53.1 Å². The second-order valence-electron chi connectivity index (χ2n) is 20.5. The number of esters is 1. The minimum absolute atomic E-state index is 0.00950. The highest BCUT2D eigenvalue weighted by Gasteiger charge is 2.46. The molecular weight excluding hydrogens is 935 g/mol. The zero-order valence-corrected chi connectivity index (χ0v) is 43.4. The lowest BCUT2D eigenvalue weighted by Gasteiger charge is -2.43. The topological polar surface area (TPSA) is 305 Å². The van der Waals surface area contributed by atoms with E-state index in [-0.39, 0.29) is 75.0 Å². The number of aliphatic hydroxyl groups excluding tert-OH is 1. The Morgan fingerprint density at radius 3 is 2.01 bits per heavy atom. The number of nitrogens with zero attached hydrogens (tertiary/aromatic N) is 3. The Morgan fingerprint density at radius 1 is 0.819 bits per heavy atom. The van der Waals surface area contributed by atoms with E-state index in [0.717, 1.165) is 4.90 Å². The summed E-state index contributed by atoms with van der Waals surface area (Å²) in [6.45, 7) is 13.8. The van der Waals surface area contributed by atoms with E-state index >= 15 is 0 Å². The number of nitrogens with one attached hydrogen (secondary N) is 5. The van der Waals surface area contributed by atoms with Gasteiger partial charge in [0.05, 0.1) is 7.11 Å². The lowest BCUT2D eigenvalue weighted by Crippen LogP contribution is -2.65. The summed E-state index contributed by atoms with van der Waals surface area (Å²) in [5, 5.41) is 24.8. The van der Waals surface area contributed by atoms with E-state index in [0.29, 0.717) is 30.7 Å². The molecule has 0 aromatic heterocycles. The first-order valence-electron chi connectivity index (χ1n) is 25.0. The molecule has 3 aliphatic rings. The second-order valence-corrected chi connectivity index (χ2v) is 20.5. The van der Waals surface area contributed by atoms with Gasteiger partial charge < -0.3 is 61.6 Å². The fourth-order valence-corrected chi connectivity index (χ4v) is 9.37. The van der Waals surface area contributed by atoms with Gasteiger partial charge in [0.15, 0.2) is 0 Å². The highest BCUT2D eigenvalue weighted by Crippen LogP contribution is 2.27. The van der Waals surface area contributed by atoms with Crippen LogP contribution >= 0.6 is 0 Å². The van der Waals surface area contributed by atoms with Gasteiger partial charge >= 0.3 is 5.97 Å². The summed E-state index contributed by atoms with van der Waals surface area (Å²) in [5.41, 5.74) is 6.06. The molecule has 4 rings (SSSR count). The average molecular weight is 1010 g/mol. The fourth-order valence-electron chi connectivity index (χ4n) is 9.37. The van der Waals surface area contributed by atoms with Crippen LogP contribution in [-0.4, -0.2) is 160 Å². The van der Waals surface area contributed by atoms with Crippen molar-refractivity contribution in [2.45, 2.75) is 180 Å². The van der Waals surface area contributed by atoms with E-state index in [1.54, 1.807) is 52.0 Å². The Hall–Kier alpha value is -6.32. The molecule has 10 atom stereocenters. The van der Waals surface area contributed by atoms with Crippen LogP contribution in [0.3, 0.4) is 0 Å². The number of likely N-dealkylation sites (N-methyl/N-ethyl adjacent to an activating group) is 1. The average Bonchev–Trinajstić information content (AvgIpc) is 3.81.